The zero-order chi connectivity index (χ0) is 33.7. The molecule has 10 rings (SSSR count). The first-order chi connectivity index (χ1) is 25.3. The number of para-hydroxylation sites is 1. The van der Waals surface area contributed by atoms with Gasteiger partial charge in [0.1, 0.15) is 0 Å². The van der Waals surface area contributed by atoms with Gasteiger partial charge in [-0.2, -0.15) is 0 Å². The Labute approximate surface area is 298 Å². The van der Waals surface area contributed by atoms with Gasteiger partial charge in [0.2, 0.25) is 0 Å². The molecule has 0 aliphatic heterocycles. The highest BCUT2D eigenvalue weighted by Gasteiger charge is 2.32. The molecule has 240 valence electrons. The molecule has 0 amide bonds. The summed E-state index contributed by atoms with van der Waals surface area (Å²) >= 11 is 0. The van der Waals surface area contributed by atoms with Gasteiger partial charge >= 0.3 is 0 Å². The van der Waals surface area contributed by atoms with Crippen molar-refractivity contribution in [2.45, 2.75) is 5.92 Å². The molecule has 2 unspecified atom stereocenters. The van der Waals surface area contributed by atoms with Crippen LogP contribution in [-0.4, -0.2) is 0 Å². The highest BCUT2D eigenvalue weighted by molar-refractivity contribution is 6.15. The van der Waals surface area contributed by atoms with Crippen LogP contribution in [0.1, 0.15) is 22.6 Å². The maximum Gasteiger partial charge on any atom is 0.0546 e. The largest absolute Gasteiger partial charge is 0.309 e. The molecule has 2 aliphatic rings. The standard InChI is InChI=1S/C50H35N/c1-2-20-37(21-3-1)51(48-30-14-19-34-16-4-9-24-40(34)48)49-31-15-29-45(46-32-35-17-5-7-22-38(35)41-25-10-12-27-43(41)46)50(49)47-33-36-18-6-8-23-39(36)42-26-11-13-28-44(42)47/h1-33,36,39H. The van der Waals surface area contributed by atoms with Crippen LogP contribution in [0.2, 0.25) is 0 Å². The van der Waals surface area contributed by atoms with E-state index in [1.807, 2.05) is 0 Å². The first-order valence-electron chi connectivity index (χ1n) is 17.9. The van der Waals surface area contributed by atoms with E-state index in [4.69, 9.17) is 0 Å². The third-order valence-electron chi connectivity index (χ3n) is 10.8. The van der Waals surface area contributed by atoms with Crippen molar-refractivity contribution in [1.82, 2.24) is 0 Å². The highest BCUT2D eigenvalue weighted by atomic mass is 15.1. The van der Waals surface area contributed by atoms with Crippen LogP contribution in [-0.2, 0) is 0 Å². The summed E-state index contributed by atoms with van der Waals surface area (Å²) in [6.45, 7) is 0. The Balaban J connectivity index is 1.35. The molecule has 8 aromatic carbocycles. The number of rotatable bonds is 5. The number of fused-ring (bicyclic) bond motifs is 7. The number of nitrogens with zero attached hydrogens (tertiary/aromatic N) is 1. The lowest BCUT2D eigenvalue weighted by molar-refractivity contribution is 0.689. The SMILES string of the molecule is C1=CC2C=C(c3c(-c4cc5ccccc5c5ccccc45)cccc3N(c3ccccc3)c3cccc4ccccc34)c3ccccc3C2C=C1. The van der Waals surface area contributed by atoms with Crippen molar-refractivity contribution in [2.24, 2.45) is 5.92 Å². The lowest BCUT2D eigenvalue weighted by atomic mass is 9.72. The normalized spacial score (nSPS) is 16.2. The Morgan fingerprint density at radius 3 is 1.92 bits per heavy atom. The van der Waals surface area contributed by atoms with E-state index >= 15 is 0 Å². The lowest BCUT2D eigenvalue weighted by Crippen LogP contribution is -2.18. The van der Waals surface area contributed by atoms with Crippen LogP contribution in [0.4, 0.5) is 17.1 Å². The van der Waals surface area contributed by atoms with Crippen LogP contribution in [0.5, 0.6) is 0 Å². The molecule has 0 fully saturated rings. The highest BCUT2D eigenvalue weighted by Crippen LogP contribution is 2.51. The monoisotopic (exact) mass is 649 g/mol. The molecule has 0 bridgehead atoms. The van der Waals surface area contributed by atoms with Gasteiger partial charge < -0.3 is 4.90 Å². The quantitative estimate of drug-likeness (QED) is 0.168. The Hall–Kier alpha value is -6.44. The molecular formula is C50H35N. The fourth-order valence-electron chi connectivity index (χ4n) is 8.53. The third-order valence-corrected chi connectivity index (χ3v) is 10.8. The minimum Gasteiger partial charge on any atom is -0.309 e. The van der Waals surface area contributed by atoms with Gasteiger partial charge in [-0.05, 0) is 85.1 Å². The van der Waals surface area contributed by atoms with E-state index in [-0.39, 0.29) is 5.92 Å². The summed E-state index contributed by atoms with van der Waals surface area (Å²) in [6, 6.07) is 62.3. The smallest absolute Gasteiger partial charge is 0.0546 e. The topological polar surface area (TPSA) is 3.24 Å². The van der Waals surface area contributed by atoms with Crippen molar-refractivity contribution in [3.63, 3.8) is 0 Å². The van der Waals surface area contributed by atoms with Gasteiger partial charge in [0.15, 0.2) is 0 Å². The Morgan fingerprint density at radius 2 is 1.04 bits per heavy atom. The van der Waals surface area contributed by atoms with E-state index in [1.54, 1.807) is 0 Å². The fourth-order valence-corrected chi connectivity index (χ4v) is 8.53. The minimum absolute atomic E-state index is 0.261. The third kappa shape index (κ3) is 4.85. The maximum absolute atomic E-state index is 2.53. The van der Waals surface area contributed by atoms with Crippen molar-refractivity contribution in [2.75, 3.05) is 4.90 Å². The van der Waals surface area contributed by atoms with Crippen molar-refractivity contribution in [3.05, 3.63) is 217 Å². The van der Waals surface area contributed by atoms with E-state index in [2.05, 4.69) is 205 Å². The number of hydrogen-bond acceptors (Lipinski definition) is 1. The molecule has 2 atom stereocenters. The molecule has 8 aromatic rings. The molecule has 0 saturated carbocycles. The molecule has 1 nitrogen and oxygen atoms in total. The number of hydrogen-bond donors (Lipinski definition) is 0. The Morgan fingerprint density at radius 1 is 0.412 bits per heavy atom. The second-order valence-electron chi connectivity index (χ2n) is 13.6. The van der Waals surface area contributed by atoms with E-state index in [1.165, 1.54) is 65.7 Å². The maximum atomic E-state index is 2.53. The summed E-state index contributed by atoms with van der Waals surface area (Å²) in [7, 11) is 0. The summed E-state index contributed by atoms with van der Waals surface area (Å²) in [4.78, 5) is 2.48. The van der Waals surface area contributed by atoms with Gasteiger partial charge in [-0.1, -0.05) is 170 Å². The molecule has 0 N–H and O–H groups in total. The number of allylic oxidation sites excluding steroid dienone is 5. The van der Waals surface area contributed by atoms with Crippen molar-refractivity contribution >= 4 is 55.0 Å². The van der Waals surface area contributed by atoms with Crippen molar-refractivity contribution in [3.8, 4) is 11.1 Å². The summed E-state index contributed by atoms with van der Waals surface area (Å²) in [6.07, 6.45) is 11.7. The van der Waals surface area contributed by atoms with Gasteiger partial charge in [0.05, 0.1) is 11.4 Å². The molecule has 0 heterocycles. The predicted molar refractivity (Wildman–Crippen MR) is 217 cm³/mol. The average Bonchev–Trinajstić information content (AvgIpc) is 3.21. The van der Waals surface area contributed by atoms with Gasteiger partial charge in [-0.3, -0.25) is 0 Å². The first kappa shape index (κ1) is 29.5. The van der Waals surface area contributed by atoms with Crippen LogP contribution < -0.4 is 4.90 Å². The second kappa shape index (κ2) is 12.2. The summed E-state index contributed by atoms with van der Waals surface area (Å²) in [5, 5.41) is 7.49. The van der Waals surface area contributed by atoms with Crippen molar-refractivity contribution in [1.29, 1.82) is 0 Å². The molecular weight excluding hydrogens is 615 g/mol. The molecule has 0 saturated heterocycles. The number of anilines is 3. The van der Waals surface area contributed by atoms with E-state index in [0.29, 0.717) is 5.92 Å². The average molecular weight is 650 g/mol. The molecule has 0 spiro atoms. The lowest BCUT2D eigenvalue weighted by Gasteiger charge is -2.35. The van der Waals surface area contributed by atoms with Crippen LogP contribution in [0.25, 0.3) is 49.0 Å². The summed E-state index contributed by atoms with van der Waals surface area (Å²) in [5.74, 6) is 0.576. The van der Waals surface area contributed by atoms with Crippen LogP contribution >= 0.6 is 0 Å². The van der Waals surface area contributed by atoms with E-state index < -0.39 is 0 Å². The Bertz CT molecular complexity index is 2710. The fraction of sp³-hybridized carbons (Fsp3) is 0.0400. The van der Waals surface area contributed by atoms with Crippen molar-refractivity contribution < 1.29 is 0 Å². The van der Waals surface area contributed by atoms with E-state index in [9.17, 15) is 0 Å². The predicted octanol–water partition coefficient (Wildman–Crippen LogP) is 13.6. The molecule has 0 aromatic heterocycles. The van der Waals surface area contributed by atoms with Gasteiger partial charge in [-0.15, -0.1) is 0 Å². The molecule has 0 radical (unpaired) electrons. The molecule has 1 heteroatoms. The zero-order valence-corrected chi connectivity index (χ0v) is 28.2. The second-order valence-corrected chi connectivity index (χ2v) is 13.6. The zero-order valence-electron chi connectivity index (χ0n) is 28.2. The Kier molecular flexibility index (Phi) is 7.03. The molecule has 2 aliphatic carbocycles. The summed E-state index contributed by atoms with van der Waals surface area (Å²) in [5.41, 5.74) is 11.1. The van der Waals surface area contributed by atoms with Crippen LogP contribution in [0.15, 0.2) is 200 Å². The van der Waals surface area contributed by atoms with Crippen LogP contribution in [0, 0.1) is 5.92 Å². The molecule has 51 heavy (non-hydrogen) atoms. The van der Waals surface area contributed by atoms with Gasteiger partial charge in [0, 0.05) is 28.5 Å². The van der Waals surface area contributed by atoms with E-state index in [0.717, 1.165) is 17.1 Å². The number of benzene rings is 8. The minimum atomic E-state index is 0.261. The first-order valence-corrected chi connectivity index (χ1v) is 17.9. The van der Waals surface area contributed by atoms with Gasteiger partial charge in [0.25, 0.3) is 0 Å². The summed E-state index contributed by atoms with van der Waals surface area (Å²) < 4.78 is 0. The van der Waals surface area contributed by atoms with Crippen LogP contribution in [0.3, 0.4) is 0 Å². The van der Waals surface area contributed by atoms with Gasteiger partial charge in [-0.25, -0.2) is 0 Å².